The molecule has 0 spiro atoms. The molecule has 1 aromatic carbocycles. The fraction of sp³-hybridized carbons (Fsp3) is 0.400. The first-order valence-corrected chi connectivity index (χ1v) is 6.67. The van der Waals surface area contributed by atoms with Gasteiger partial charge >= 0.3 is 0 Å². The van der Waals surface area contributed by atoms with E-state index < -0.39 is 46.9 Å². The Morgan fingerprint density at radius 2 is 2.00 bits per heavy atom. The van der Waals surface area contributed by atoms with Crippen LogP contribution in [-0.4, -0.2) is 44.0 Å². The second-order valence-corrected chi connectivity index (χ2v) is 5.57. The van der Waals surface area contributed by atoms with Crippen molar-refractivity contribution in [3.05, 3.63) is 24.0 Å². The summed E-state index contributed by atoms with van der Waals surface area (Å²) < 4.78 is 62.1. The van der Waals surface area contributed by atoms with Gasteiger partial charge in [0.05, 0.1) is 18.8 Å². The van der Waals surface area contributed by atoms with Gasteiger partial charge in [-0.15, -0.1) is 0 Å². The molecule has 5 nitrogen and oxygen atoms in total. The molecule has 3 N–H and O–H groups in total. The molecular formula is C10H13F3N2O3S. The van der Waals surface area contributed by atoms with Crippen molar-refractivity contribution in [2.45, 2.75) is 11.3 Å². The van der Waals surface area contributed by atoms with Crippen LogP contribution in [0.25, 0.3) is 0 Å². The highest BCUT2D eigenvalue weighted by Gasteiger charge is 2.28. The summed E-state index contributed by atoms with van der Waals surface area (Å²) in [6.07, 6.45) is -2.90. The molecule has 9 heteroatoms. The number of alkyl halides is 2. The fourth-order valence-corrected chi connectivity index (χ4v) is 2.97. The van der Waals surface area contributed by atoms with Crippen molar-refractivity contribution < 1.29 is 26.7 Å². The summed E-state index contributed by atoms with van der Waals surface area (Å²) >= 11 is 0. The lowest BCUT2D eigenvalue weighted by Gasteiger charge is -2.21. The molecule has 0 unspecified atom stereocenters. The average Bonchev–Trinajstić information content (AvgIpc) is 2.27. The van der Waals surface area contributed by atoms with Crippen LogP contribution < -0.4 is 5.73 Å². The van der Waals surface area contributed by atoms with E-state index in [1.807, 2.05) is 0 Å². The number of nitrogens with two attached hydrogens (primary N) is 1. The summed E-state index contributed by atoms with van der Waals surface area (Å²) in [5.41, 5.74) is 5.00. The van der Waals surface area contributed by atoms with Crippen molar-refractivity contribution in [1.29, 1.82) is 0 Å². The maximum absolute atomic E-state index is 12.8. The molecule has 0 saturated carbocycles. The van der Waals surface area contributed by atoms with Gasteiger partial charge in [-0.25, -0.2) is 21.6 Å². The number of halogens is 3. The number of nitrogens with zero attached hydrogens (tertiary/aromatic N) is 1. The molecule has 0 saturated heterocycles. The molecule has 0 radical (unpaired) electrons. The molecule has 0 heterocycles. The smallest absolute Gasteiger partial charge is 0.252 e. The summed E-state index contributed by atoms with van der Waals surface area (Å²) in [6, 6.07) is 2.55. The van der Waals surface area contributed by atoms with Crippen LogP contribution in [0.4, 0.5) is 18.9 Å². The van der Waals surface area contributed by atoms with Gasteiger partial charge in [-0.05, 0) is 18.2 Å². The number of hydrogen-bond acceptors (Lipinski definition) is 4. The monoisotopic (exact) mass is 298 g/mol. The third-order valence-electron chi connectivity index (χ3n) is 2.28. The highest BCUT2D eigenvalue weighted by Crippen LogP contribution is 2.23. The molecule has 1 rings (SSSR count). The van der Waals surface area contributed by atoms with Gasteiger partial charge in [0.25, 0.3) is 6.43 Å². The van der Waals surface area contributed by atoms with E-state index in [-0.39, 0.29) is 5.69 Å². The Morgan fingerprint density at radius 3 is 2.47 bits per heavy atom. The zero-order chi connectivity index (χ0) is 14.6. The first-order chi connectivity index (χ1) is 8.78. The molecule has 0 aromatic heterocycles. The third-order valence-corrected chi connectivity index (χ3v) is 4.22. The van der Waals surface area contributed by atoms with Crippen molar-refractivity contribution in [3.8, 4) is 0 Å². The van der Waals surface area contributed by atoms with Gasteiger partial charge in [0, 0.05) is 6.54 Å². The average molecular weight is 298 g/mol. The summed E-state index contributed by atoms with van der Waals surface area (Å²) in [5, 5.41) is 8.73. The van der Waals surface area contributed by atoms with Crippen LogP contribution in [0.1, 0.15) is 0 Å². The van der Waals surface area contributed by atoms with Crippen molar-refractivity contribution >= 4 is 15.7 Å². The molecule has 0 bridgehead atoms. The van der Waals surface area contributed by atoms with Crippen LogP contribution in [0, 0.1) is 5.82 Å². The van der Waals surface area contributed by atoms with Gasteiger partial charge in [0.15, 0.2) is 0 Å². The summed E-state index contributed by atoms with van der Waals surface area (Å²) in [5.74, 6) is -0.737. The number of rotatable bonds is 6. The highest BCUT2D eigenvalue weighted by molar-refractivity contribution is 7.89. The minimum atomic E-state index is -4.30. The Morgan fingerprint density at radius 1 is 1.37 bits per heavy atom. The van der Waals surface area contributed by atoms with Gasteiger partial charge in [0.2, 0.25) is 10.0 Å². The van der Waals surface area contributed by atoms with E-state index in [4.69, 9.17) is 10.8 Å². The molecule has 108 valence electrons. The fourth-order valence-electron chi connectivity index (χ4n) is 1.47. The van der Waals surface area contributed by atoms with Gasteiger partial charge < -0.3 is 10.8 Å². The maximum Gasteiger partial charge on any atom is 0.252 e. The molecule has 0 fully saturated rings. The topological polar surface area (TPSA) is 83.6 Å². The molecule has 19 heavy (non-hydrogen) atoms. The van der Waals surface area contributed by atoms with E-state index in [1.165, 1.54) is 0 Å². The molecule has 0 aliphatic heterocycles. The Balaban J connectivity index is 3.18. The highest BCUT2D eigenvalue weighted by atomic mass is 32.2. The lowest BCUT2D eigenvalue weighted by Crippen LogP contribution is -2.37. The summed E-state index contributed by atoms with van der Waals surface area (Å²) in [6.45, 7) is -2.18. The molecule has 0 amide bonds. The van der Waals surface area contributed by atoms with E-state index >= 15 is 0 Å². The van der Waals surface area contributed by atoms with E-state index in [9.17, 15) is 21.6 Å². The van der Waals surface area contributed by atoms with Crippen LogP contribution in [0.3, 0.4) is 0 Å². The number of benzene rings is 1. The molecular weight excluding hydrogens is 285 g/mol. The Bertz CT molecular complexity index is 537. The minimum absolute atomic E-state index is 0.378. The first kappa shape index (κ1) is 15.7. The number of sulfonamides is 1. The molecule has 0 aliphatic carbocycles. The Labute approximate surface area is 108 Å². The van der Waals surface area contributed by atoms with E-state index in [2.05, 4.69) is 0 Å². The largest absolute Gasteiger partial charge is 0.398 e. The normalized spacial score (nSPS) is 12.3. The van der Waals surface area contributed by atoms with Crippen molar-refractivity contribution in [2.24, 2.45) is 0 Å². The van der Waals surface area contributed by atoms with Gasteiger partial charge in [-0.2, -0.15) is 4.31 Å². The standard InChI is InChI=1S/C10H13F3N2O3S/c11-7-1-2-9(8(14)5-7)19(17,18)15(3-4-16)6-10(12)13/h1-2,5,10,16H,3-4,6,14H2. The molecule has 1 aromatic rings. The second-order valence-electron chi connectivity index (χ2n) is 3.66. The zero-order valence-corrected chi connectivity index (χ0v) is 10.6. The Hall–Kier alpha value is -1.32. The van der Waals surface area contributed by atoms with Crippen molar-refractivity contribution in [2.75, 3.05) is 25.4 Å². The van der Waals surface area contributed by atoms with Gasteiger partial charge in [-0.1, -0.05) is 0 Å². The van der Waals surface area contributed by atoms with E-state index in [0.717, 1.165) is 18.2 Å². The van der Waals surface area contributed by atoms with Crippen molar-refractivity contribution in [1.82, 2.24) is 4.31 Å². The lowest BCUT2D eigenvalue weighted by atomic mass is 10.3. The van der Waals surface area contributed by atoms with Crippen molar-refractivity contribution in [3.63, 3.8) is 0 Å². The Kier molecular flexibility index (Phi) is 5.15. The number of nitrogen functional groups attached to an aromatic ring is 1. The van der Waals surface area contributed by atoms with Crippen LogP contribution in [0.5, 0.6) is 0 Å². The number of hydrogen-bond donors (Lipinski definition) is 2. The van der Waals surface area contributed by atoms with Gasteiger partial charge in [0.1, 0.15) is 10.7 Å². The lowest BCUT2D eigenvalue weighted by molar-refractivity contribution is 0.113. The molecule has 0 aliphatic rings. The SMILES string of the molecule is Nc1cc(F)ccc1S(=O)(=O)N(CCO)CC(F)F. The quantitative estimate of drug-likeness (QED) is 0.756. The maximum atomic E-state index is 12.8. The van der Waals surface area contributed by atoms with Crippen LogP contribution >= 0.6 is 0 Å². The predicted octanol–water partition coefficient (Wildman–Crippen LogP) is 0.656. The van der Waals surface area contributed by atoms with Crippen LogP contribution in [0.2, 0.25) is 0 Å². The summed E-state index contributed by atoms with van der Waals surface area (Å²) in [7, 11) is -4.30. The van der Waals surface area contributed by atoms with Crippen LogP contribution in [0.15, 0.2) is 23.1 Å². The number of aliphatic hydroxyl groups is 1. The predicted molar refractivity (Wildman–Crippen MR) is 62.7 cm³/mol. The zero-order valence-electron chi connectivity index (χ0n) is 9.76. The first-order valence-electron chi connectivity index (χ1n) is 5.23. The third kappa shape index (κ3) is 3.82. The number of anilines is 1. The van der Waals surface area contributed by atoms with Gasteiger partial charge in [-0.3, -0.25) is 0 Å². The van der Waals surface area contributed by atoms with Crippen LogP contribution in [-0.2, 0) is 10.0 Å². The minimum Gasteiger partial charge on any atom is -0.398 e. The van der Waals surface area contributed by atoms with E-state index in [1.54, 1.807) is 0 Å². The molecule has 0 atom stereocenters. The summed E-state index contributed by atoms with van der Waals surface area (Å²) in [4.78, 5) is -0.469. The second kappa shape index (κ2) is 6.22. The number of aliphatic hydroxyl groups excluding tert-OH is 1. The van der Waals surface area contributed by atoms with E-state index in [0.29, 0.717) is 4.31 Å².